The molecule has 0 aliphatic rings. The molecule has 1 rings (SSSR count). The molecule has 16 heavy (non-hydrogen) atoms. The highest BCUT2D eigenvalue weighted by atomic mass is 16.7. The second-order valence-corrected chi connectivity index (χ2v) is 2.96. The van der Waals surface area contributed by atoms with Crippen molar-refractivity contribution in [3.63, 3.8) is 0 Å². The molecule has 0 heterocycles. The molecule has 0 fully saturated rings. The van der Waals surface area contributed by atoms with Gasteiger partial charge >= 0.3 is 5.69 Å². The second kappa shape index (κ2) is 5.43. The minimum atomic E-state index is -0.782. The lowest BCUT2D eigenvalue weighted by atomic mass is 10.1. The van der Waals surface area contributed by atoms with Crippen LogP contribution in [0.15, 0.2) is 18.2 Å². The van der Waals surface area contributed by atoms with Crippen LogP contribution in [0.4, 0.5) is 5.69 Å². The summed E-state index contributed by atoms with van der Waals surface area (Å²) in [4.78, 5) is 10.4. The standard InChI is InChI=1S/C10H13NO5/c1-14-8-6-4-5-7(9(8)11(12)13)10(15-2)16-3/h4-6,10H,1-3H3. The van der Waals surface area contributed by atoms with E-state index in [2.05, 4.69) is 0 Å². The first-order valence-corrected chi connectivity index (χ1v) is 4.52. The quantitative estimate of drug-likeness (QED) is 0.436. The third kappa shape index (κ3) is 2.29. The molecule has 0 atom stereocenters. The number of nitro benzene ring substituents is 1. The van der Waals surface area contributed by atoms with Crippen LogP contribution in [0.1, 0.15) is 11.9 Å². The lowest BCUT2D eigenvalue weighted by Gasteiger charge is -2.14. The first-order valence-electron chi connectivity index (χ1n) is 4.52. The van der Waals surface area contributed by atoms with Gasteiger partial charge in [-0.2, -0.15) is 0 Å². The normalized spacial score (nSPS) is 10.5. The topological polar surface area (TPSA) is 70.8 Å². The van der Waals surface area contributed by atoms with Crippen LogP contribution in [0.5, 0.6) is 5.75 Å². The Morgan fingerprint density at radius 3 is 2.31 bits per heavy atom. The Balaban J connectivity index is 3.31. The molecule has 1 aromatic carbocycles. The van der Waals surface area contributed by atoms with Crippen molar-refractivity contribution >= 4 is 5.69 Å². The van der Waals surface area contributed by atoms with E-state index in [9.17, 15) is 10.1 Å². The molecule has 0 aromatic heterocycles. The average Bonchev–Trinajstić information content (AvgIpc) is 2.30. The molecule has 0 saturated heterocycles. The third-order valence-corrected chi connectivity index (χ3v) is 2.11. The van der Waals surface area contributed by atoms with Crippen LogP contribution < -0.4 is 4.74 Å². The molecule has 0 radical (unpaired) electrons. The van der Waals surface area contributed by atoms with Crippen LogP contribution >= 0.6 is 0 Å². The molecule has 0 amide bonds. The molecule has 0 unspecified atom stereocenters. The van der Waals surface area contributed by atoms with E-state index in [4.69, 9.17) is 14.2 Å². The summed E-state index contributed by atoms with van der Waals surface area (Å²) in [5.41, 5.74) is 0.188. The fourth-order valence-electron chi connectivity index (χ4n) is 1.44. The van der Waals surface area contributed by atoms with Gasteiger partial charge in [0.25, 0.3) is 0 Å². The van der Waals surface area contributed by atoms with Gasteiger partial charge in [-0.25, -0.2) is 0 Å². The lowest BCUT2D eigenvalue weighted by Crippen LogP contribution is -2.08. The van der Waals surface area contributed by atoms with E-state index in [1.165, 1.54) is 27.4 Å². The smallest absolute Gasteiger partial charge is 0.319 e. The first kappa shape index (κ1) is 12.4. The molecule has 0 spiro atoms. The van der Waals surface area contributed by atoms with Crippen molar-refractivity contribution in [1.82, 2.24) is 0 Å². The summed E-state index contributed by atoms with van der Waals surface area (Å²) in [5.74, 6) is 0.182. The van der Waals surface area contributed by atoms with Crippen molar-refractivity contribution in [3.8, 4) is 5.75 Å². The minimum absolute atomic E-state index is 0.140. The molecule has 0 aliphatic heterocycles. The number of rotatable bonds is 5. The zero-order chi connectivity index (χ0) is 12.1. The van der Waals surface area contributed by atoms with Crippen molar-refractivity contribution in [2.75, 3.05) is 21.3 Å². The summed E-state index contributed by atoms with van der Waals surface area (Å²) in [6.45, 7) is 0. The van der Waals surface area contributed by atoms with Crippen LogP contribution in [0.25, 0.3) is 0 Å². The number of ether oxygens (including phenoxy) is 3. The average molecular weight is 227 g/mol. The molecule has 0 aliphatic carbocycles. The Hall–Kier alpha value is -1.66. The Labute approximate surface area is 92.9 Å². The number of methoxy groups -OCH3 is 3. The van der Waals surface area contributed by atoms with Gasteiger partial charge in [-0.15, -0.1) is 0 Å². The van der Waals surface area contributed by atoms with Crippen molar-refractivity contribution < 1.29 is 19.1 Å². The molecule has 0 saturated carbocycles. The Morgan fingerprint density at radius 2 is 1.88 bits per heavy atom. The number of hydrogen-bond acceptors (Lipinski definition) is 5. The van der Waals surface area contributed by atoms with Gasteiger partial charge in [0.1, 0.15) is 0 Å². The van der Waals surface area contributed by atoms with Crippen molar-refractivity contribution in [2.24, 2.45) is 0 Å². The van der Waals surface area contributed by atoms with Gasteiger partial charge in [-0.05, 0) is 12.1 Å². The SMILES string of the molecule is COc1cccc(C(OC)OC)c1[N+](=O)[O-]. The van der Waals surface area contributed by atoms with E-state index in [1.807, 2.05) is 0 Å². The third-order valence-electron chi connectivity index (χ3n) is 2.11. The highest BCUT2D eigenvalue weighted by molar-refractivity contribution is 5.53. The monoisotopic (exact) mass is 227 g/mol. The van der Waals surface area contributed by atoms with Crippen molar-refractivity contribution in [2.45, 2.75) is 6.29 Å². The van der Waals surface area contributed by atoms with Gasteiger partial charge < -0.3 is 14.2 Å². The van der Waals surface area contributed by atoms with Gasteiger partial charge in [0.15, 0.2) is 12.0 Å². The van der Waals surface area contributed by atoms with E-state index in [1.54, 1.807) is 12.1 Å². The van der Waals surface area contributed by atoms with Gasteiger partial charge in [-0.1, -0.05) is 6.07 Å². The molecule has 0 N–H and O–H groups in total. The predicted octanol–water partition coefficient (Wildman–Crippen LogP) is 1.89. The van der Waals surface area contributed by atoms with Crippen LogP contribution in [0, 0.1) is 10.1 Å². The highest BCUT2D eigenvalue weighted by Gasteiger charge is 2.26. The summed E-state index contributed by atoms with van der Waals surface area (Å²) in [6.07, 6.45) is -0.782. The zero-order valence-corrected chi connectivity index (χ0v) is 9.30. The van der Waals surface area contributed by atoms with Crippen LogP contribution in [0.2, 0.25) is 0 Å². The molecule has 0 bridgehead atoms. The lowest BCUT2D eigenvalue weighted by molar-refractivity contribution is -0.388. The van der Waals surface area contributed by atoms with Gasteiger partial charge in [0.05, 0.1) is 17.6 Å². The molecule has 1 aromatic rings. The van der Waals surface area contributed by atoms with E-state index in [0.717, 1.165) is 0 Å². The number of nitro groups is 1. The number of benzene rings is 1. The van der Waals surface area contributed by atoms with E-state index in [-0.39, 0.29) is 11.4 Å². The summed E-state index contributed by atoms with van der Waals surface area (Å²) >= 11 is 0. The first-order chi connectivity index (χ1) is 7.65. The maximum absolute atomic E-state index is 11.0. The molecule has 6 heteroatoms. The summed E-state index contributed by atoms with van der Waals surface area (Å²) < 4.78 is 14.9. The summed E-state index contributed by atoms with van der Waals surface area (Å²) in [5, 5.41) is 11.0. The van der Waals surface area contributed by atoms with Crippen LogP contribution in [-0.4, -0.2) is 26.3 Å². The van der Waals surface area contributed by atoms with Gasteiger partial charge in [0.2, 0.25) is 0 Å². The molecule has 88 valence electrons. The van der Waals surface area contributed by atoms with E-state index < -0.39 is 11.2 Å². The maximum atomic E-state index is 11.0. The minimum Gasteiger partial charge on any atom is -0.490 e. The van der Waals surface area contributed by atoms with E-state index >= 15 is 0 Å². The molecular formula is C10H13NO5. The largest absolute Gasteiger partial charge is 0.490 e. The van der Waals surface area contributed by atoms with Crippen LogP contribution in [-0.2, 0) is 9.47 Å². The highest BCUT2D eigenvalue weighted by Crippen LogP contribution is 2.35. The summed E-state index contributed by atoms with van der Waals surface area (Å²) in [6, 6.07) is 4.73. The fraction of sp³-hybridized carbons (Fsp3) is 0.400. The Kier molecular flexibility index (Phi) is 4.21. The van der Waals surface area contributed by atoms with Crippen molar-refractivity contribution in [3.05, 3.63) is 33.9 Å². The number of nitrogens with zero attached hydrogens (tertiary/aromatic N) is 1. The van der Waals surface area contributed by atoms with Crippen LogP contribution in [0.3, 0.4) is 0 Å². The Bertz CT molecular complexity index is 375. The van der Waals surface area contributed by atoms with Gasteiger partial charge in [-0.3, -0.25) is 10.1 Å². The van der Waals surface area contributed by atoms with Gasteiger partial charge in [0, 0.05) is 14.2 Å². The van der Waals surface area contributed by atoms with E-state index in [0.29, 0.717) is 5.56 Å². The Morgan fingerprint density at radius 1 is 1.25 bits per heavy atom. The number of hydrogen-bond donors (Lipinski definition) is 0. The molecule has 6 nitrogen and oxygen atoms in total. The maximum Gasteiger partial charge on any atom is 0.319 e. The summed E-state index contributed by atoms with van der Waals surface area (Å²) in [7, 11) is 4.20. The fourth-order valence-corrected chi connectivity index (χ4v) is 1.44. The predicted molar refractivity (Wildman–Crippen MR) is 56.4 cm³/mol. The van der Waals surface area contributed by atoms with Crippen molar-refractivity contribution in [1.29, 1.82) is 0 Å². The second-order valence-electron chi connectivity index (χ2n) is 2.96. The zero-order valence-electron chi connectivity index (χ0n) is 9.30. The number of para-hydroxylation sites is 1. The molecular weight excluding hydrogens is 214 g/mol.